The Kier molecular flexibility index (Phi) is 8.33. The molecule has 0 unspecified atom stereocenters. The van der Waals surface area contributed by atoms with Gasteiger partial charge in [-0.15, -0.1) is 0 Å². The zero-order valence-corrected chi connectivity index (χ0v) is 20.9. The predicted octanol–water partition coefficient (Wildman–Crippen LogP) is 3.71. The van der Waals surface area contributed by atoms with Gasteiger partial charge < -0.3 is 24.8 Å². The molecule has 38 heavy (non-hydrogen) atoms. The maximum Gasteiger partial charge on any atom is 0.471 e. The lowest BCUT2D eigenvalue weighted by atomic mass is 9.98. The van der Waals surface area contributed by atoms with Gasteiger partial charge in [0.15, 0.2) is 0 Å². The zero-order valence-electron chi connectivity index (χ0n) is 20.9. The maximum atomic E-state index is 13.1. The summed E-state index contributed by atoms with van der Waals surface area (Å²) in [4.78, 5) is 48.2. The number of fused-ring (bicyclic) bond motifs is 3. The number of amides is 2. The number of nitrogens with one attached hydrogen (secondary N) is 1. The number of nitrogens with zero attached hydrogens (tertiary/aromatic N) is 1. The van der Waals surface area contributed by atoms with Gasteiger partial charge in [0.1, 0.15) is 24.8 Å². The standard InChI is InChI=1S/C26H27F3N2O7/c1-25(2,3)38-21(32)13-31(23(35)26(27,28)29)12-20(22(33)34)30-24(36)37-14-19-17-10-6-4-8-15(17)16-9-5-7-11-18(16)19/h4-11,19-20H,12-14H2,1-3H3,(H,30,36)(H,33,34)/t20-/m0/s1. The fraction of sp³-hybridized carbons (Fsp3) is 0.385. The molecule has 0 saturated heterocycles. The summed E-state index contributed by atoms with van der Waals surface area (Å²) in [6, 6.07) is 13.0. The summed E-state index contributed by atoms with van der Waals surface area (Å²) < 4.78 is 49.6. The number of hydrogen-bond donors (Lipinski definition) is 2. The van der Waals surface area contributed by atoms with Crippen LogP contribution in [0.1, 0.15) is 37.8 Å². The second-order valence-corrected chi connectivity index (χ2v) is 9.63. The van der Waals surface area contributed by atoms with Gasteiger partial charge in [0.05, 0.1) is 6.54 Å². The van der Waals surface area contributed by atoms with Crippen molar-refractivity contribution >= 4 is 23.9 Å². The summed E-state index contributed by atoms with van der Waals surface area (Å²) in [6.07, 6.45) is -6.61. The van der Waals surface area contributed by atoms with Crippen LogP contribution < -0.4 is 5.32 Å². The minimum atomic E-state index is -5.39. The minimum absolute atomic E-state index is 0.0311. The molecule has 0 saturated carbocycles. The topological polar surface area (TPSA) is 122 Å². The number of rotatable bonds is 8. The van der Waals surface area contributed by atoms with Crippen molar-refractivity contribution in [2.24, 2.45) is 0 Å². The lowest BCUT2D eigenvalue weighted by molar-refractivity contribution is -0.188. The van der Waals surface area contributed by atoms with Gasteiger partial charge in [0.2, 0.25) is 0 Å². The van der Waals surface area contributed by atoms with Crippen molar-refractivity contribution in [2.75, 3.05) is 19.7 Å². The van der Waals surface area contributed by atoms with E-state index >= 15 is 0 Å². The van der Waals surface area contributed by atoms with Crippen molar-refractivity contribution in [3.05, 3.63) is 59.7 Å². The Hall–Kier alpha value is -4.09. The molecule has 2 aromatic rings. The molecule has 1 aliphatic carbocycles. The van der Waals surface area contributed by atoms with Gasteiger partial charge in [0.25, 0.3) is 0 Å². The number of carboxylic acids is 1. The Morgan fingerprint density at radius 1 is 0.974 bits per heavy atom. The van der Waals surface area contributed by atoms with Crippen LogP contribution in [0.15, 0.2) is 48.5 Å². The number of carboxylic acid groups (broad SMARTS) is 1. The highest BCUT2D eigenvalue weighted by atomic mass is 19.4. The van der Waals surface area contributed by atoms with E-state index in [4.69, 9.17) is 9.47 Å². The Morgan fingerprint density at radius 2 is 1.50 bits per heavy atom. The monoisotopic (exact) mass is 536 g/mol. The highest BCUT2D eigenvalue weighted by Gasteiger charge is 2.44. The summed E-state index contributed by atoms with van der Waals surface area (Å²) in [5.74, 6) is -5.71. The van der Waals surface area contributed by atoms with Crippen molar-refractivity contribution in [1.29, 1.82) is 0 Å². The largest absolute Gasteiger partial charge is 0.480 e. The van der Waals surface area contributed by atoms with E-state index in [9.17, 15) is 37.5 Å². The van der Waals surface area contributed by atoms with Crippen LogP contribution in [0.2, 0.25) is 0 Å². The van der Waals surface area contributed by atoms with Gasteiger partial charge in [-0.25, -0.2) is 9.59 Å². The first-order valence-corrected chi connectivity index (χ1v) is 11.6. The smallest absolute Gasteiger partial charge is 0.471 e. The molecule has 2 amide bonds. The first-order valence-electron chi connectivity index (χ1n) is 11.6. The van der Waals surface area contributed by atoms with Gasteiger partial charge in [0, 0.05) is 5.92 Å². The first-order chi connectivity index (χ1) is 17.7. The number of carbonyl (C=O) groups excluding carboxylic acids is 3. The van der Waals surface area contributed by atoms with Crippen molar-refractivity contribution in [3.8, 4) is 11.1 Å². The normalized spacial score (nSPS) is 13.6. The van der Waals surface area contributed by atoms with E-state index < -0.39 is 54.8 Å². The van der Waals surface area contributed by atoms with E-state index in [0.717, 1.165) is 22.3 Å². The summed E-state index contributed by atoms with van der Waals surface area (Å²) in [5.41, 5.74) is 2.66. The molecule has 1 aliphatic rings. The molecule has 3 rings (SSSR count). The maximum absolute atomic E-state index is 13.1. The third-order valence-corrected chi connectivity index (χ3v) is 5.61. The van der Waals surface area contributed by atoms with Gasteiger partial charge in [-0.2, -0.15) is 13.2 Å². The number of alkyl carbamates (subject to hydrolysis) is 1. The van der Waals surface area contributed by atoms with E-state index in [1.165, 1.54) is 20.8 Å². The minimum Gasteiger partial charge on any atom is -0.480 e. The Morgan fingerprint density at radius 3 is 1.97 bits per heavy atom. The van der Waals surface area contributed by atoms with E-state index in [1.807, 2.05) is 53.8 Å². The Bertz CT molecular complexity index is 1180. The summed E-state index contributed by atoms with van der Waals surface area (Å²) in [7, 11) is 0. The number of alkyl halides is 3. The SMILES string of the molecule is CC(C)(C)OC(=O)CN(C[C@H](NC(=O)OCC1c2ccccc2-c2ccccc21)C(=O)O)C(=O)C(F)(F)F. The third kappa shape index (κ3) is 7.02. The van der Waals surface area contributed by atoms with Crippen molar-refractivity contribution in [1.82, 2.24) is 10.2 Å². The number of esters is 1. The van der Waals surface area contributed by atoms with Crippen LogP contribution in [-0.4, -0.2) is 71.5 Å². The molecule has 0 radical (unpaired) electrons. The highest BCUT2D eigenvalue weighted by Crippen LogP contribution is 2.44. The van der Waals surface area contributed by atoms with Crippen LogP contribution >= 0.6 is 0 Å². The average molecular weight is 537 g/mol. The average Bonchev–Trinajstić information content (AvgIpc) is 3.13. The fourth-order valence-electron chi connectivity index (χ4n) is 4.12. The molecule has 204 valence electrons. The summed E-state index contributed by atoms with van der Waals surface area (Å²) in [5, 5.41) is 11.5. The molecule has 2 aromatic carbocycles. The Balaban J connectivity index is 1.70. The van der Waals surface area contributed by atoms with E-state index in [2.05, 4.69) is 0 Å². The number of halogens is 3. The van der Waals surface area contributed by atoms with Crippen molar-refractivity contribution < 1.29 is 46.9 Å². The predicted molar refractivity (Wildman–Crippen MR) is 128 cm³/mol. The van der Waals surface area contributed by atoms with E-state index in [0.29, 0.717) is 0 Å². The molecule has 0 heterocycles. The third-order valence-electron chi connectivity index (χ3n) is 5.61. The molecule has 0 aromatic heterocycles. The van der Waals surface area contributed by atoms with Crippen molar-refractivity contribution in [3.63, 3.8) is 0 Å². The second kappa shape index (κ2) is 11.1. The van der Waals surface area contributed by atoms with Crippen LogP contribution in [-0.2, 0) is 23.9 Å². The van der Waals surface area contributed by atoms with Crippen LogP contribution in [0, 0.1) is 0 Å². The van der Waals surface area contributed by atoms with Crippen molar-refractivity contribution in [2.45, 2.75) is 44.5 Å². The van der Waals surface area contributed by atoms with Crippen LogP contribution in [0.25, 0.3) is 11.1 Å². The molecule has 0 aliphatic heterocycles. The van der Waals surface area contributed by atoms with Crippen LogP contribution in [0.4, 0.5) is 18.0 Å². The number of benzene rings is 2. The number of aliphatic carboxylic acids is 1. The van der Waals surface area contributed by atoms with Gasteiger partial charge >= 0.3 is 30.1 Å². The van der Waals surface area contributed by atoms with Crippen LogP contribution in [0.3, 0.4) is 0 Å². The number of ether oxygens (including phenoxy) is 2. The van der Waals surface area contributed by atoms with Crippen LogP contribution in [0.5, 0.6) is 0 Å². The molecule has 12 heteroatoms. The molecule has 0 fully saturated rings. The highest BCUT2D eigenvalue weighted by molar-refractivity contribution is 5.87. The van der Waals surface area contributed by atoms with E-state index in [-0.39, 0.29) is 17.4 Å². The molecule has 0 bridgehead atoms. The number of carbonyl (C=O) groups is 4. The number of hydrogen-bond acceptors (Lipinski definition) is 6. The lowest BCUT2D eigenvalue weighted by Gasteiger charge is -2.28. The Labute approximate surface area is 216 Å². The second-order valence-electron chi connectivity index (χ2n) is 9.63. The molecular formula is C26H27F3N2O7. The van der Waals surface area contributed by atoms with E-state index in [1.54, 1.807) is 0 Å². The van der Waals surface area contributed by atoms with Gasteiger partial charge in [-0.1, -0.05) is 48.5 Å². The lowest BCUT2D eigenvalue weighted by Crippen LogP contribution is -2.54. The first kappa shape index (κ1) is 28.5. The summed E-state index contributed by atoms with van der Waals surface area (Å²) in [6.45, 7) is 1.91. The van der Waals surface area contributed by atoms with Gasteiger partial charge in [-0.3, -0.25) is 9.59 Å². The zero-order chi connectivity index (χ0) is 28.3. The van der Waals surface area contributed by atoms with Gasteiger partial charge in [-0.05, 0) is 43.0 Å². The molecule has 1 atom stereocenters. The molecule has 2 N–H and O–H groups in total. The fourth-order valence-corrected chi connectivity index (χ4v) is 4.12. The summed E-state index contributed by atoms with van der Waals surface area (Å²) >= 11 is 0. The molecule has 0 spiro atoms. The molecular weight excluding hydrogens is 509 g/mol. The quantitative estimate of drug-likeness (QED) is 0.493. The molecule has 9 nitrogen and oxygen atoms in total.